The standard InChI is InChI=1S/C15H18F3N5O/c16-15(17,18)12-6-11(19-20-12)10-2-1-5-23(7-10)8-13-21-22-14(24-13)9-3-4-9/h6,9-10H,1-5,7-8H2,(H,19,20)/t10-/m1/s1. The zero-order chi connectivity index (χ0) is 16.7. The van der Waals surface area contributed by atoms with Gasteiger partial charge in [-0.15, -0.1) is 10.2 Å². The number of hydrogen-bond acceptors (Lipinski definition) is 5. The first-order valence-electron chi connectivity index (χ1n) is 8.16. The molecule has 9 heteroatoms. The van der Waals surface area contributed by atoms with E-state index in [1.165, 1.54) is 0 Å². The van der Waals surface area contributed by atoms with Crippen molar-refractivity contribution in [3.63, 3.8) is 0 Å². The van der Waals surface area contributed by atoms with E-state index in [1.54, 1.807) is 0 Å². The molecular weight excluding hydrogens is 323 g/mol. The van der Waals surface area contributed by atoms with Crippen LogP contribution in [-0.2, 0) is 12.7 Å². The largest absolute Gasteiger partial charge is 0.435 e. The summed E-state index contributed by atoms with van der Waals surface area (Å²) in [5, 5.41) is 14.1. The molecule has 0 unspecified atom stereocenters. The van der Waals surface area contributed by atoms with E-state index in [1.807, 2.05) is 0 Å². The third kappa shape index (κ3) is 3.31. The van der Waals surface area contributed by atoms with Crippen LogP contribution in [0.5, 0.6) is 0 Å². The Hall–Kier alpha value is -1.90. The Morgan fingerprint density at radius 1 is 1.21 bits per heavy atom. The van der Waals surface area contributed by atoms with Gasteiger partial charge in [-0.2, -0.15) is 18.3 Å². The van der Waals surface area contributed by atoms with Crippen molar-refractivity contribution in [2.45, 2.75) is 50.2 Å². The molecule has 24 heavy (non-hydrogen) atoms. The summed E-state index contributed by atoms with van der Waals surface area (Å²) >= 11 is 0. The Bertz CT molecular complexity index is 706. The number of alkyl halides is 3. The minimum absolute atomic E-state index is 0.00757. The van der Waals surface area contributed by atoms with Crippen molar-refractivity contribution in [3.8, 4) is 0 Å². The normalized spacial score (nSPS) is 22.9. The number of rotatable bonds is 4. The molecule has 1 N–H and O–H groups in total. The molecule has 1 aliphatic heterocycles. The van der Waals surface area contributed by atoms with Crippen LogP contribution in [0.2, 0.25) is 0 Å². The molecule has 2 aromatic heterocycles. The van der Waals surface area contributed by atoms with Gasteiger partial charge in [0.15, 0.2) is 5.69 Å². The van der Waals surface area contributed by atoms with E-state index < -0.39 is 11.9 Å². The van der Waals surface area contributed by atoms with Gasteiger partial charge in [-0.3, -0.25) is 10.00 Å². The third-order valence-electron chi connectivity index (χ3n) is 4.60. The third-order valence-corrected chi connectivity index (χ3v) is 4.60. The van der Waals surface area contributed by atoms with Crippen LogP contribution >= 0.6 is 0 Å². The monoisotopic (exact) mass is 341 g/mol. The van der Waals surface area contributed by atoms with Gasteiger partial charge in [0, 0.05) is 24.1 Å². The molecule has 2 aliphatic rings. The molecule has 2 fully saturated rings. The van der Waals surface area contributed by atoms with E-state index in [0.717, 1.165) is 38.3 Å². The molecule has 6 nitrogen and oxygen atoms in total. The molecule has 0 amide bonds. The van der Waals surface area contributed by atoms with Crippen molar-refractivity contribution in [2.75, 3.05) is 13.1 Å². The zero-order valence-corrected chi connectivity index (χ0v) is 13.0. The summed E-state index contributed by atoms with van der Waals surface area (Å²) in [4.78, 5) is 2.15. The quantitative estimate of drug-likeness (QED) is 0.925. The van der Waals surface area contributed by atoms with Crippen molar-refractivity contribution in [3.05, 3.63) is 29.2 Å². The second-order valence-corrected chi connectivity index (χ2v) is 6.59. The molecule has 0 spiro atoms. The second-order valence-electron chi connectivity index (χ2n) is 6.59. The second kappa shape index (κ2) is 5.87. The van der Waals surface area contributed by atoms with Crippen LogP contribution in [0.25, 0.3) is 0 Å². The van der Waals surface area contributed by atoms with Crippen molar-refractivity contribution >= 4 is 0 Å². The summed E-state index contributed by atoms with van der Waals surface area (Å²) in [6.45, 7) is 2.06. The first kappa shape index (κ1) is 15.6. The first-order valence-corrected chi connectivity index (χ1v) is 8.16. The number of likely N-dealkylation sites (tertiary alicyclic amines) is 1. The van der Waals surface area contributed by atoms with E-state index in [2.05, 4.69) is 25.3 Å². The Kier molecular flexibility index (Phi) is 3.82. The van der Waals surface area contributed by atoms with E-state index in [9.17, 15) is 13.2 Å². The average Bonchev–Trinajstić information content (AvgIpc) is 3.08. The van der Waals surface area contributed by atoms with Gasteiger partial charge < -0.3 is 4.42 Å². The summed E-state index contributed by atoms with van der Waals surface area (Å²) in [6.07, 6.45) is -0.447. The van der Waals surface area contributed by atoms with Crippen LogP contribution in [0.15, 0.2) is 10.5 Å². The molecule has 3 heterocycles. The Morgan fingerprint density at radius 3 is 2.75 bits per heavy atom. The summed E-state index contributed by atoms with van der Waals surface area (Å²) in [5.41, 5.74) is -0.322. The van der Waals surface area contributed by atoms with Crippen molar-refractivity contribution in [2.24, 2.45) is 0 Å². The van der Waals surface area contributed by atoms with Gasteiger partial charge in [0.2, 0.25) is 11.8 Å². The van der Waals surface area contributed by atoms with Crippen LogP contribution in [0.1, 0.15) is 60.7 Å². The summed E-state index contributed by atoms with van der Waals surface area (Å²) < 4.78 is 43.7. The molecule has 130 valence electrons. The summed E-state index contributed by atoms with van der Waals surface area (Å²) in [7, 11) is 0. The summed E-state index contributed by atoms with van der Waals surface area (Å²) in [6, 6.07) is 1.12. The number of halogens is 3. The van der Waals surface area contributed by atoms with Crippen LogP contribution in [-0.4, -0.2) is 38.4 Å². The maximum atomic E-state index is 12.7. The highest BCUT2D eigenvalue weighted by Gasteiger charge is 2.35. The molecular formula is C15H18F3N5O. The molecule has 1 saturated heterocycles. The van der Waals surface area contributed by atoms with E-state index in [4.69, 9.17) is 4.42 Å². The van der Waals surface area contributed by atoms with Crippen LogP contribution < -0.4 is 0 Å². The smallest absolute Gasteiger partial charge is 0.424 e. The number of piperidine rings is 1. The van der Waals surface area contributed by atoms with Crippen LogP contribution in [0.3, 0.4) is 0 Å². The van der Waals surface area contributed by atoms with Gasteiger partial charge in [0.1, 0.15) is 0 Å². The fourth-order valence-corrected chi connectivity index (χ4v) is 3.16. The Balaban J connectivity index is 1.40. The number of nitrogens with zero attached hydrogens (tertiary/aromatic N) is 4. The highest BCUT2D eigenvalue weighted by molar-refractivity contribution is 5.16. The molecule has 2 aromatic rings. The minimum Gasteiger partial charge on any atom is -0.424 e. The lowest BCUT2D eigenvalue weighted by atomic mass is 9.94. The number of aromatic nitrogens is 4. The average molecular weight is 341 g/mol. The minimum atomic E-state index is -4.41. The first-order chi connectivity index (χ1) is 11.5. The van der Waals surface area contributed by atoms with Gasteiger partial charge in [-0.1, -0.05) is 0 Å². The Morgan fingerprint density at radius 2 is 2.04 bits per heavy atom. The van der Waals surface area contributed by atoms with Crippen molar-refractivity contribution in [1.82, 2.24) is 25.3 Å². The number of nitrogens with one attached hydrogen (secondary N) is 1. The molecule has 1 aliphatic carbocycles. The fraction of sp³-hybridized carbons (Fsp3) is 0.667. The van der Waals surface area contributed by atoms with Gasteiger partial charge in [-0.05, 0) is 38.3 Å². The number of H-pyrrole nitrogens is 1. The van der Waals surface area contributed by atoms with Crippen molar-refractivity contribution < 1.29 is 17.6 Å². The van der Waals surface area contributed by atoms with Crippen molar-refractivity contribution in [1.29, 1.82) is 0 Å². The molecule has 4 rings (SSSR count). The number of hydrogen-bond donors (Lipinski definition) is 1. The topological polar surface area (TPSA) is 70.8 Å². The summed E-state index contributed by atoms with van der Waals surface area (Å²) in [5.74, 6) is 1.72. The molecule has 1 saturated carbocycles. The van der Waals surface area contributed by atoms with E-state index in [-0.39, 0.29) is 5.92 Å². The van der Waals surface area contributed by atoms with E-state index >= 15 is 0 Å². The maximum absolute atomic E-state index is 12.7. The molecule has 0 radical (unpaired) electrons. The molecule has 0 bridgehead atoms. The lowest BCUT2D eigenvalue weighted by Gasteiger charge is -2.31. The number of aromatic amines is 1. The van der Waals surface area contributed by atoms with Gasteiger partial charge in [0.25, 0.3) is 0 Å². The van der Waals surface area contributed by atoms with Gasteiger partial charge in [0.05, 0.1) is 6.54 Å². The lowest BCUT2D eigenvalue weighted by Crippen LogP contribution is -2.34. The highest BCUT2D eigenvalue weighted by atomic mass is 19.4. The predicted molar refractivity (Wildman–Crippen MR) is 77.1 cm³/mol. The van der Waals surface area contributed by atoms with Gasteiger partial charge in [-0.25, -0.2) is 0 Å². The molecule has 1 atom stereocenters. The lowest BCUT2D eigenvalue weighted by molar-refractivity contribution is -0.141. The van der Waals surface area contributed by atoms with Crippen LogP contribution in [0, 0.1) is 0 Å². The van der Waals surface area contributed by atoms with Gasteiger partial charge >= 0.3 is 6.18 Å². The Labute approximate surface area is 136 Å². The SMILES string of the molecule is FC(F)(F)c1cc([C@@H]2CCCN(Cc3nnc(C4CC4)o3)C2)[nH]n1. The highest BCUT2D eigenvalue weighted by Crippen LogP contribution is 2.39. The zero-order valence-electron chi connectivity index (χ0n) is 13.0. The molecule has 0 aromatic carbocycles. The predicted octanol–water partition coefficient (Wildman–Crippen LogP) is 3.07. The van der Waals surface area contributed by atoms with E-state index in [0.29, 0.717) is 36.5 Å². The van der Waals surface area contributed by atoms with Crippen LogP contribution in [0.4, 0.5) is 13.2 Å². The maximum Gasteiger partial charge on any atom is 0.435 e. The fourth-order valence-electron chi connectivity index (χ4n) is 3.16.